The number of carbonyl (C=O) groups is 1. The predicted molar refractivity (Wildman–Crippen MR) is 132 cm³/mol. The number of nitrogens with zero attached hydrogens (tertiary/aromatic N) is 1. The number of benzene rings is 3. The van der Waals surface area contributed by atoms with Crippen molar-refractivity contribution in [2.45, 2.75) is 27.4 Å². The van der Waals surface area contributed by atoms with Crippen molar-refractivity contribution < 1.29 is 14.3 Å². The van der Waals surface area contributed by atoms with Gasteiger partial charge in [0.05, 0.1) is 11.6 Å². The minimum absolute atomic E-state index is 0.0512. The number of amides is 1. The number of rotatable bonds is 8. The highest BCUT2D eigenvalue weighted by Crippen LogP contribution is 2.38. The highest BCUT2D eigenvalue weighted by atomic mass is 35.5. The van der Waals surface area contributed by atoms with Crippen molar-refractivity contribution >= 4 is 29.3 Å². The third-order valence-corrected chi connectivity index (χ3v) is 5.28. The largest absolute Gasteiger partial charge is 0.490 e. The summed E-state index contributed by atoms with van der Waals surface area (Å²) >= 11 is 6.49. The molecular weight excluding hydrogens is 436 g/mol. The Hall–Kier alpha value is -3.75. The number of hydrogen-bond acceptors (Lipinski definition) is 4. The van der Waals surface area contributed by atoms with E-state index in [1.165, 1.54) is 6.08 Å². The Bertz CT molecular complexity index is 1210. The van der Waals surface area contributed by atoms with E-state index in [-0.39, 0.29) is 5.57 Å². The van der Waals surface area contributed by atoms with Crippen LogP contribution < -0.4 is 14.8 Å². The molecule has 0 unspecified atom stereocenters. The first-order valence-electron chi connectivity index (χ1n) is 10.5. The van der Waals surface area contributed by atoms with Gasteiger partial charge < -0.3 is 14.8 Å². The van der Waals surface area contributed by atoms with Crippen molar-refractivity contribution in [2.24, 2.45) is 0 Å². The van der Waals surface area contributed by atoms with E-state index in [4.69, 9.17) is 21.1 Å². The predicted octanol–water partition coefficient (Wildman–Crippen LogP) is 6.48. The minimum atomic E-state index is -0.501. The number of hydrogen-bond donors (Lipinski definition) is 1. The van der Waals surface area contributed by atoms with Gasteiger partial charge in [0.1, 0.15) is 18.2 Å². The number of anilines is 1. The average molecular weight is 461 g/mol. The molecule has 0 aliphatic rings. The van der Waals surface area contributed by atoms with E-state index in [1.807, 2.05) is 69.3 Å². The molecule has 33 heavy (non-hydrogen) atoms. The molecule has 0 saturated heterocycles. The quantitative estimate of drug-likeness (QED) is 0.308. The molecule has 0 aromatic heterocycles. The molecule has 1 N–H and O–H groups in total. The zero-order chi connectivity index (χ0) is 23.8. The lowest BCUT2D eigenvalue weighted by atomic mass is 10.1. The first-order valence-corrected chi connectivity index (χ1v) is 10.9. The van der Waals surface area contributed by atoms with Crippen LogP contribution in [-0.4, -0.2) is 12.5 Å². The second-order valence-electron chi connectivity index (χ2n) is 7.46. The maximum absolute atomic E-state index is 12.7. The smallest absolute Gasteiger partial charge is 0.266 e. The Morgan fingerprint density at radius 1 is 1.06 bits per heavy atom. The number of ether oxygens (including phenoxy) is 2. The standard InChI is InChI=1S/C27H25ClN2O3/c1-4-32-25-15-21(14-24(28)26(25)33-17-20-8-6-5-7-9-20)13-22(16-29)27(31)30-23-11-10-18(2)19(3)12-23/h5-15H,4,17H2,1-3H3,(H,30,31)/b22-13+. The third kappa shape index (κ3) is 6.38. The summed E-state index contributed by atoms with van der Waals surface area (Å²) < 4.78 is 11.6. The summed E-state index contributed by atoms with van der Waals surface area (Å²) in [5.41, 5.74) is 4.30. The first-order chi connectivity index (χ1) is 15.9. The fourth-order valence-corrected chi connectivity index (χ4v) is 3.41. The molecule has 1 amide bonds. The molecule has 0 saturated carbocycles. The maximum atomic E-state index is 12.7. The molecular formula is C27H25ClN2O3. The second kappa shape index (κ2) is 11.2. The Morgan fingerprint density at radius 2 is 1.82 bits per heavy atom. The van der Waals surface area contributed by atoms with Crippen LogP contribution >= 0.6 is 11.6 Å². The lowest BCUT2D eigenvalue weighted by molar-refractivity contribution is -0.112. The Morgan fingerprint density at radius 3 is 2.48 bits per heavy atom. The van der Waals surface area contributed by atoms with Gasteiger partial charge in [-0.25, -0.2) is 0 Å². The van der Waals surface area contributed by atoms with E-state index in [2.05, 4.69) is 5.32 Å². The van der Waals surface area contributed by atoms with E-state index in [0.717, 1.165) is 16.7 Å². The Balaban J connectivity index is 1.84. The monoisotopic (exact) mass is 460 g/mol. The Kier molecular flexibility index (Phi) is 8.12. The van der Waals surface area contributed by atoms with Gasteiger partial charge in [-0.2, -0.15) is 5.26 Å². The topological polar surface area (TPSA) is 71.3 Å². The molecule has 0 aliphatic carbocycles. The number of nitrogens with one attached hydrogen (secondary N) is 1. The molecule has 0 atom stereocenters. The van der Waals surface area contributed by atoms with Crippen molar-refractivity contribution in [2.75, 3.05) is 11.9 Å². The molecule has 0 aliphatic heterocycles. The summed E-state index contributed by atoms with van der Waals surface area (Å²) in [7, 11) is 0. The van der Waals surface area contributed by atoms with Gasteiger partial charge >= 0.3 is 0 Å². The number of halogens is 1. The van der Waals surface area contributed by atoms with Gasteiger partial charge in [0.15, 0.2) is 11.5 Å². The van der Waals surface area contributed by atoms with Crippen LogP contribution in [-0.2, 0) is 11.4 Å². The summed E-state index contributed by atoms with van der Waals surface area (Å²) in [6.07, 6.45) is 1.48. The highest BCUT2D eigenvalue weighted by Gasteiger charge is 2.15. The van der Waals surface area contributed by atoms with Gasteiger partial charge in [-0.3, -0.25) is 4.79 Å². The van der Waals surface area contributed by atoms with Crippen LogP contribution in [0.5, 0.6) is 11.5 Å². The van der Waals surface area contributed by atoms with Gasteiger partial charge in [-0.05, 0) is 73.4 Å². The van der Waals surface area contributed by atoms with Gasteiger partial charge in [-0.1, -0.05) is 48.0 Å². The SMILES string of the molecule is CCOc1cc(/C=C(\C#N)C(=O)Nc2ccc(C)c(C)c2)cc(Cl)c1OCc1ccccc1. The van der Waals surface area contributed by atoms with Crippen LogP contribution in [0.15, 0.2) is 66.2 Å². The highest BCUT2D eigenvalue weighted by molar-refractivity contribution is 6.32. The van der Waals surface area contributed by atoms with Crippen molar-refractivity contribution in [1.82, 2.24) is 0 Å². The van der Waals surface area contributed by atoms with Crippen LogP contribution in [0.4, 0.5) is 5.69 Å². The van der Waals surface area contributed by atoms with E-state index in [9.17, 15) is 10.1 Å². The molecule has 0 spiro atoms. The van der Waals surface area contributed by atoms with Crippen molar-refractivity contribution in [3.63, 3.8) is 0 Å². The molecule has 168 valence electrons. The van der Waals surface area contributed by atoms with Gasteiger partial charge in [0.25, 0.3) is 5.91 Å². The van der Waals surface area contributed by atoms with Gasteiger partial charge in [0, 0.05) is 5.69 Å². The van der Waals surface area contributed by atoms with Crippen LogP contribution in [0.2, 0.25) is 5.02 Å². The van der Waals surface area contributed by atoms with Crippen LogP contribution in [0, 0.1) is 25.2 Å². The number of aryl methyl sites for hydroxylation is 2. The van der Waals surface area contributed by atoms with E-state index in [1.54, 1.807) is 18.2 Å². The van der Waals surface area contributed by atoms with Gasteiger partial charge in [-0.15, -0.1) is 0 Å². The normalized spacial score (nSPS) is 10.9. The summed E-state index contributed by atoms with van der Waals surface area (Å²) in [6.45, 7) is 6.55. The zero-order valence-corrected chi connectivity index (χ0v) is 19.6. The average Bonchev–Trinajstić information content (AvgIpc) is 2.80. The Labute approximate surface area is 199 Å². The van der Waals surface area contributed by atoms with Crippen LogP contribution in [0.3, 0.4) is 0 Å². The third-order valence-electron chi connectivity index (χ3n) is 5.00. The number of nitriles is 1. The molecule has 3 rings (SSSR count). The van der Waals surface area contributed by atoms with Crippen LogP contribution in [0.25, 0.3) is 6.08 Å². The maximum Gasteiger partial charge on any atom is 0.266 e. The van der Waals surface area contributed by atoms with Crippen molar-refractivity contribution in [3.8, 4) is 17.6 Å². The number of carbonyl (C=O) groups excluding carboxylic acids is 1. The fraction of sp³-hybridized carbons (Fsp3) is 0.185. The molecule has 3 aromatic rings. The fourth-order valence-electron chi connectivity index (χ4n) is 3.14. The van der Waals surface area contributed by atoms with E-state index in [0.29, 0.717) is 41.0 Å². The molecule has 0 heterocycles. The van der Waals surface area contributed by atoms with Crippen LogP contribution in [0.1, 0.15) is 29.2 Å². The summed E-state index contributed by atoms with van der Waals surface area (Å²) in [4.78, 5) is 12.7. The molecule has 0 radical (unpaired) electrons. The lowest BCUT2D eigenvalue weighted by Crippen LogP contribution is -2.13. The molecule has 0 fully saturated rings. The van der Waals surface area contributed by atoms with Crippen molar-refractivity contribution in [3.05, 3.63) is 93.5 Å². The summed E-state index contributed by atoms with van der Waals surface area (Å²) in [6, 6.07) is 20.6. The summed E-state index contributed by atoms with van der Waals surface area (Å²) in [5, 5.41) is 12.7. The summed E-state index contributed by atoms with van der Waals surface area (Å²) in [5.74, 6) is 0.357. The van der Waals surface area contributed by atoms with Crippen molar-refractivity contribution in [1.29, 1.82) is 5.26 Å². The molecule has 6 heteroatoms. The zero-order valence-electron chi connectivity index (χ0n) is 18.8. The first kappa shape index (κ1) is 23.9. The molecule has 5 nitrogen and oxygen atoms in total. The second-order valence-corrected chi connectivity index (χ2v) is 7.87. The molecule has 0 bridgehead atoms. The van der Waals surface area contributed by atoms with E-state index >= 15 is 0 Å². The lowest BCUT2D eigenvalue weighted by Gasteiger charge is -2.15. The molecule has 3 aromatic carbocycles. The minimum Gasteiger partial charge on any atom is -0.490 e. The van der Waals surface area contributed by atoms with E-state index < -0.39 is 5.91 Å². The van der Waals surface area contributed by atoms with Gasteiger partial charge in [0.2, 0.25) is 0 Å².